The third-order valence-corrected chi connectivity index (χ3v) is 2.53. The fraction of sp³-hybridized carbons (Fsp3) is 0.692. The molecule has 0 aromatic carbocycles. The van der Waals surface area contributed by atoms with Crippen LogP contribution in [0, 0.1) is 0 Å². The molecule has 0 saturated heterocycles. The van der Waals surface area contributed by atoms with Gasteiger partial charge in [0.25, 0.3) is 0 Å². The number of amides is 1. The molecule has 124 valence electrons. The van der Waals surface area contributed by atoms with E-state index in [2.05, 4.69) is 31.1 Å². The molecule has 1 rings (SSSR count). The lowest BCUT2D eigenvalue weighted by Gasteiger charge is -2.19. The Hall–Kier alpha value is -2.32. The van der Waals surface area contributed by atoms with Gasteiger partial charge in [0.1, 0.15) is 11.9 Å². The molecule has 0 spiro atoms. The van der Waals surface area contributed by atoms with Crippen LogP contribution in [0.2, 0.25) is 0 Å². The normalized spacial score (nSPS) is 12.0. The van der Waals surface area contributed by atoms with E-state index in [0.29, 0.717) is 25.6 Å². The molecule has 0 radical (unpaired) electrons. The second kappa shape index (κ2) is 8.20. The van der Waals surface area contributed by atoms with Crippen LogP contribution in [-0.4, -0.2) is 52.6 Å². The molecule has 0 atom stereocenters. The van der Waals surface area contributed by atoms with Gasteiger partial charge in [0.05, 0.1) is 6.54 Å². The first-order chi connectivity index (χ1) is 10.3. The molecule has 3 N–H and O–H groups in total. The highest BCUT2D eigenvalue weighted by Crippen LogP contribution is 2.05. The molecule has 0 aliphatic rings. The summed E-state index contributed by atoms with van der Waals surface area (Å²) in [5.41, 5.74) is -0.495. The molecule has 9 nitrogen and oxygen atoms in total. The van der Waals surface area contributed by atoms with Crippen molar-refractivity contribution in [3.63, 3.8) is 0 Å². The second-order valence-corrected chi connectivity index (χ2v) is 5.64. The van der Waals surface area contributed by atoms with Crippen molar-refractivity contribution in [1.82, 2.24) is 30.7 Å². The van der Waals surface area contributed by atoms with E-state index in [1.807, 2.05) is 32.4 Å². The van der Waals surface area contributed by atoms with Crippen LogP contribution in [-0.2, 0) is 18.3 Å². The van der Waals surface area contributed by atoms with Crippen LogP contribution >= 0.6 is 0 Å². The fourth-order valence-corrected chi connectivity index (χ4v) is 1.51. The van der Waals surface area contributed by atoms with Crippen molar-refractivity contribution in [3.05, 3.63) is 12.2 Å². The fourth-order valence-electron chi connectivity index (χ4n) is 1.51. The third kappa shape index (κ3) is 6.91. The van der Waals surface area contributed by atoms with Gasteiger partial charge in [-0.3, -0.25) is 4.99 Å². The highest BCUT2D eigenvalue weighted by Gasteiger charge is 2.15. The smallest absolute Gasteiger partial charge is 0.407 e. The summed E-state index contributed by atoms with van der Waals surface area (Å²) in [6.07, 6.45) is 1.20. The number of hydrogen-bond acceptors (Lipinski definition) is 5. The van der Waals surface area contributed by atoms with Crippen molar-refractivity contribution in [3.8, 4) is 0 Å². The first kappa shape index (κ1) is 17.7. The van der Waals surface area contributed by atoms with E-state index in [-0.39, 0.29) is 0 Å². The monoisotopic (exact) mass is 311 g/mol. The molecule has 1 heterocycles. The number of nitrogens with one attached hydrogen (secondary N) is 3. The molecule has 1 amide bonds. The Morgan fingerprint density at radius 3 is 2.55 bits per heavy atom. The zero-order chi connectivity index (χ0) is 16.6. The van der Waals surface area contributed by atoms with Gasteiger partial charge in [0.15, 0.2) is 11.8 Å². The highest BCUT2D eigenvalue weighted by atomic mass is 16.6. The zero-order valence-corrected chi connectivity index (χ0v) is 13.8. The molecule has 22 heavy (non-hydrogen) atoms. The molecule has 0 fully saturated rings. The summed E-state index contributed by atoms with van der Waals surface area (Å²) in [6.45, 7) is 6.93. The summed E-state index contributed by atoms with van der Waals surface area (Å²) in [4.78, 5) is 15.6. The average molecular weight is 311 g/mol. The van der Waals surface area contributed by atoms with Crippen LogP contribution in [0.15, 0.2) is 11.3 Å². The van der Waals surface area contributed by atoms with Crippen LogP contribution in [0.5, 0.6) is 0 Å². The van der Waals surface area contributed by atoms with E-state index in [9.17, 15) is 4.79 Å². The standard InChI is InChI=1S/C13H25N7O2/c1-13(2,3)22-12(21)16-7-6-15-11(14-4)17-8-10-19-18-9-20(10)5/h9H,6-8H2,1-5H3,(H,16,21)(H2,14,15,17). The number of carbonyl (C=O) groups excluding carboxylic acids is 1. The molecular weight excluding hydrogens is 286 g/mol. The lowest BCUT2D eigenvalue weighted by atomic mass is 10.2. The molecule has 0 saturated carbocycles. The third-order valence-electron chi connectivity index (χ3n) is 2.53. The number of guanidine groups is 1. The molecule has 9 heteroatoms. The SMILES string of the molecule is CN=C(NCCNC(=O)OC(C)(C)C)NCc1nncn1C. The minimum absolute atomic E-state index is 0.430. The van der Waals surface area contributed by atoms with Gasteiger partial charge in [-0.05, 0) is 20.8 Å². The van der Waals surface area contributed by atoms with Crippen molar-refractivity contribution in [2.75, 3.05) is 20.1 Å². The summed E-state index contributed by atoms with van der Waals surface area (Å²) in [7, 11) is 3.55. The lowest BCUT2D eigenvalue weighted by Crippen LogP contribution is -2.42. The van der Waals surface area contributed by atoms with Crippen molar-refractivity contribution in [2.45, 2.75) is 32.9 Å². The molecular formula is C13H25N7O2. The molecule has 0 aliphatic carbocycles. The van der Waals surface area contributed by atoms with E-state index in [1.165, 1.54) is 0 Å². The van der Waals surface area contributed by atoms with Crippen LogP contribution < -0.4 is 16.0 Å². The van der Waals surface area contributed by atoms with Gasteiger partial charge >= 0.3 is 6.09 Å². The number of rotatable bonds is 5. The predicted molar refractivity (Wildman–Crippen MR) is 83.4 cm³/mol. The number of aryl methyl sites for hydroxylation is 1. The zero-order valence-electron chi connectivity index (χ0n) is 13.8. The summed E-state index contributed by atoms with van der Waals surface area (Å²) in [6, 6.07) is 0. The molecule has 0 unspecified atom stereocenters. The number of carbonyl (C=O) groups is 1. The topological polar surface area (TPSA) is 105 Å². The number of hydrogen-bond donors (Lipinski definition) is 3. The first-order valence-electron chi connectivity index (χ1n) is 7.06. The van der Waals surface area contributed by atoms with Gasteiger partial charge in [0, 0.05) is 27.2 Å². The Labute approximate surface area is 130 Å². The van der Waals surface area contributed by atoms with Crippen molar-refractivity contribution in [2.24, 2.45) is 12.0 Å². The lowest BCUT2D eigenvalue weighted by molar-refractivity contribution is 0.0529. The average Bonchev–Trinajstić information content (AvgIpc) is 2.81. The summed E-state index contributed by atoms with van der Waals surface area (Å²) in [5.74, 6) is 1.42. The van der Waals surface area contributed by atoms with E-state index < -0.39 is 11.7 Å². The maximum atomic E-state index is 11.5. The van der Waals surface area contributed by atoms with E-state index in [0.717, 1.165) is 5.82 Å². The maximum Gasteiger partial charge on any atom is 0.407 e. The van der Waals surface area contributed by atoms with Crippen molar-refractivity contribution in [1.29, 1.82) is 0 Å². The Kier molecular flexibility index (Phi) is 6.61. The Bertz CT molecular complexity index is 505. The number of alkyl carbamates (subject to hydrolysis) is 1. The number of aliphatic imine (C=N–C) groups is 1. The van der Waals surface area contributed by atoms with E-state index in [1.54, 1.807) is 13.4 Å². The molecule has 1 aromatic heterocycles. The Morgan fingerprint density at radius 2 is 2.00 bits per heavy atom. The van der Waals surface area contributed by atoms with Gasteiger partial charge in [0.2, 0.25) is 0 Å². The first-order valence-corrected chi connectivity index (χ1v) is 7.06. The van der Waals surface area contributed by atoms with Crippen LogP contribution in [0.4, 0.5) is 4.79 Å². The number of nitrogens with zero attached hydrogens (tertiary/aromatic N) is 4. The van der Waals surface area contributed by atoms with Gasteiger partial charge in [-0.1, -0.05) is 0 Å². The van der Waals surface area contributed by atoms with Crippen molar-refractivity contribution >= 4 is 12.1 Å². The molecule has 0 aliphatic heterocycles. The minimum atomic E-state index is -0.495. The molecule has 0 bridgehead atoms. The quantitative estimate of drug-likeness (QED) is 0.402. The van der Waals surface area contributed by atoms with Crippen LogP contribution in [0.25, 0.3) is 0 Å². The van der Waals surface area contributed by atoms with Gasteiger partial charge < -0.3 is 25.3 Å². The van der Waals surface area contributed by atoms with Gasteiger partial charge in [-0.2, -0.15) is 0 Å². The van der Waals surface area contributed by atoms with Gasteiger partial charge in [-0.25, -0.2) is 4.79 Å². The maximum absolute atomic E-state index is 11.5. The number of ether oxygens (including phenoxy) is 1. The van der Waals surface area contributed by atoms with Crippen LogP contribution in [0.1, 0.15) is 26.6 Å². The van der Waals surface area contributed by atoms with Crippen molar-refractivity contribution < 1.29 is 9.53 Å². The van der Waals surface area contributed by atoms with Crippen LogP contribution in [0.3, 0.4) is 0 Å². The largest absolute Gasteiger partial charge is 0.444 e. The predicted octanol–water partition coefficient (Wildman–Crippen LogP) is 0.00480. The Morgan fingerprint density at radius 1 is 1.32 bits per heavy atom. The summed E-state index contributed by atoms with van der Waals surface area (Å²) in [5, 5.41) is 16.6. The Balaban J connectivity index is 2.22. The summed E-state index contributed by atoms with van der Waals surface area (Å²) < 4.78 is 6.96. The number of aromatic nitrogens is 3. The van der Waals surface area contributed by atoms with E-state index in [4.69, 9.17) is 4.74 Å². The molecule has 1 aromatic rings. The second-order valence-electron chi connectivity index (χ2n) is 5.64. The highest BCUT2D eigenvalue weighted by molar-refractivity contribution is 5.79. The van der Waals surface area contributed by atoms with E-state index >= 15 is 0 Å². The van der Waals surface area contributed by atoms with Gasteiger partial charge in [-0.15, -0.1) is 10.2 Å². The minimum Gasteiger partial charge on any atom is -0.444 e. The summed E-state index contributed by atoms with van der Waals surface area (Å²) >= 11 is 0.